The smallest absolute Gasteiger partial charge is 0.237 e. The number of hydrogen-bond donors (Lipinski definition) is 0. The van der Waals surface area contributed by atoms with Crippen LogP contribution < -0.4 is 0 Å². The molecule has 0 amide bonds. The van der Waals surface area contributed by atoms with E-state index in [4.69, 9.17) is 4.52 Å². The van der Waals surface area contributed by atoms with E-state index in [-0.39, 0.29) is 11.7 Å². The van der Waals surface area contributed by atoms with E-state index in [2.05, 4.69) is 20.1 Å². The van der Waals surface area contributed by atoms with E-state index in [0.29, 0.717) is 29.7 Å². The second kappa shape index (κ2) is 5.03. The second-order valence-electron chi connectivity index (χ2n) is 3.99. The quantitative estimate of drug-likeness (QED) is 0.819. The van der Waals surface area contributed by atoms with E-state index in [0.717, 1.165) is 0 Å². The molecule has 0 aliphatic rings. The molecule has 0 radical (unpaired) electrons. The molecule has 0 saturated heterocycles. The molecule has 94 valence electrons. The van der Waals surface area contributed by atoms with Gasteiger partial charge in [0, 0.05) is 12.6 Å². The average Bonchev–Trinajstić information content (AvgIpc) is 2.86. The van der Waals surface area contributed by atoms with Crippen LogP contribution in [0, 0.1) is 6.92 Å². The van der Waals surface area contributed by atoms with Gasteiger partial charge in [0.15, 0.2) is 0 Å². The zero-order valence-corrected chi connectivity index (χ0v) is 10.5. The standard InChI is InChI=1S/C12H14N4O2/c1-4-10(17)7(2)12-15-11(16-18-12)9-5-6-13-8(3)14-9/h5-7H,4H2,1-3H3. The molecule has 2 heterocycles. The minimum absolute atomic E-state index is 0.0732. The molecule has 18 heavy (non-hydrogen) atoms. The van der Waals surface area contributed by atoms with Gasteiger partial charge < -0.3 is 4.52 Å². The molecule has 1 unspecified atom stereocenters. The molecule has 2 rings (SSSR count). The van der Waals surface area contributed by atoms with Crippen molar-refractivity contribution in [3.8, 4) is 11.5 Å². The Bertz CT molecular complexity index is 565. The Morgan fingerprint density at radius 2 is 2.22 bits per heavy atom. The summed E-state index contributed by atoms with van der Waals surface area (Å²) in [6, 6.07) is 1.70. The van der Waals surface area contributed by atoms with Gasteiger partial charge in [-0.2, -0.15) is 4.98 Å². The summed E-state index contributed by atoms with van der Waals surface area (Å²) < 4.78 is 5.10. The summed E-state index contributed by atoms with van der Waals surface area (Å²) in [6.07, 6.45) is 2.08. The molecular formula is C12H14N4O2. The monoisotopic (exact) mass is 246 g/mol. The molecule has 0 aliphatic carbocycles. The fourth-order valence-electron chi connectivity index (χ4n) is 1.54. The van der Waals surface area contributed by atoms with Gasteiger partial charge in [-0.25, -0.2) is 9.97 Å². The van der Waals surface area contributed by atoms with Gasteiger partial charge in [0.1, 0.15) is 17.3 Å². The first-order chi connectivity index (χ1) is 8.61. The summed E-state index contributed by atoms with van der Waals surface area (Å²) in [6.45, 7) is 5.35. The van der Waals surface area contributed by atoms with E-state index >= 15 is 0 Å². The summed E-state index contributed by atoms with van der Waals surface area (Å²) >= 11 is 0. The Labute approximate surface area is 104 Å². The molecule has 0 N–H and O–H groups in total. The molecule has 1 atom stereocenters. The van der Waals surface area contributed by atoms with E-state index in [1.165, 1.54) is 0 Å². The molecule has 0 saturated carbocycles. The van der Waals surface area contributed by atoms with Crippen LogP contribution in [0.2, 0.25) is 0 Å². The number of nitrogens with zero attached hydrogens (tertiary/aromatic N) is 4. The maximum absolute atomic E-state index is 11.6. The Kier molecular flexibility index (Phi) is 3.45. The molecule has 0 fully saturated rings. The SMILES string of the molecule is CCC(=O)C(C)c1nc(-c2ccnc(C)n2)no1. The molecule has 0 bridgehead atoms. The van der Waals surface area contributed by atoms with Crippen molar-refractivity contribution in [3.63, 3.8) is 0 Å². The first-order valence-corrected chi connectivity index (χ1v) is 5.78. The van der Waals surface area contributed by atoms with Gasteiger partial charge >= 0.3 is 0 Å². The van der Waals surface area contributed by atoms with Gasteiger partial charge in [0.25, 0.3) is 0 Å². The topological polar surface area (TPSA) is 81.8 Å². The molecule has 2 aromatic heterocycles. The summed E-state index contributed by atoms with van der Waals surface area (Å²) in [4.78, 5) is 24.0. The van der Waals surface area contributed by atoms with Crippen LogP contribution in [-0.2, 0) is 4.79 Å². The third-order valence-corrected chi connectivity index (χ3v) is 2.65. The van der Waals surface area contributed by atoms with Crippen molar-refractivity contribution in [2.24, 2.45) is 0 Å². The lowest BCUT2D eigenvalue weighted by Gasteiger charge is -2.01. The zero-order chi connectivity index (χ0) is 13.1. The van der Waals surface area contributed by atoms with Crippen LogP contribution >= 0.6 is 0 Å². The highest BCUT2D eigenvalue weighted by Gasteiger charge is 2.21. The highest BCUT2D eigenvalue weighted by Crippen LogP contribution is 2.19. The number of aromatic nitrogens is 4. The number of aryl methyl sites for hydroxylation is 1. The van der Waals surface area contributed by atoms with Gasteiger partial charge in [-0.15, -0.1) is 0 Å². The number of hydrogen-bond acceptors (Lipinski definition) is 6. The lowest BCUT2D eigenvalue weighted by atomic mass is 10.1. The molecule has 0 aromatic carbocycles. The molecule has 0 aliphatic heterocycles. The first-order valence-electron chi connectivity index (χ1n) is 5.78. The average molecular weight is 246 g/mol. The maximum Gasteiger partial charge on any atom is 0.237 e. The van der Waals surface area contributed by atoms with Crippen LogP contribution in [0.1, 0.15) is 37.9 Å². The van der Waals surface area contributed by atoms with Gasteiger partial charge in [-0.3, -0.25) is 4.79 Å². The third-order valence-electron chi connectivity index (χ3n) is 2.65. The summed E-state index contributed by atoms with van der Waals surface area (Å²) in [5.41, 5.74) is 0.591. The first kappa shape index (κ1) is 12.3. The van der Waals surface area contributed by atoms with Crippen molar-refractivity contribution in [3.05, 3.63) is 24.0 Å². The number of rotatable bonds is 4. The molecule has 6 nitrogen and oxygen atoms in total. The fourth-order valence-corrected chi connectivity index (χ4v) is 1.54. The van der Waals surface area contributed by atoms with Gasteiger partial charge in [0.2, 0.25) is 11.7 Å². The van der Waals surface area contributed by atoms with Crippen molar-refractivity contribution in [2.75, 3.05) is 0 Å². The third kappa shape index (κ3) is 2.42. The minimum atomic E-state index is -0.376. The van der Waals surface area contributed by atoms with Crippen LogP contribution in [0.4, 0.5) is 0 Å². The Hall–Kier alpha value is -2.11. The van der Waals surface area contributed by atoms with Crippen molar-refractivity contribution in [1.29, 1.82) is 0 Å². The molecule has 2 aromatic rings. The number of carbonyl (C=O) groups excluding carboxylic acids is 1. The van der Waals surface area contributed by atoms with Gasteiger partial charge in [-0.1, -0.05) is 12.1 Å². The van der Waals surface area contributed by atoms with E-state index in [9.17, 15) is 4.79 Å². The fraction of sp³-hybridized carbons (Fsp3) is 0.417. The second-order valence-corrected chi connectivity index (χ2v) is 3.99. The van der Waals surface area contributed by atoms with E-state index < -0.39 is 0 Å². The Balaban J connectivity index is 2.28. The highest BCUT2D eigenvalue weighted by atomic mass is 16.5. The number of ketones is 1. The lowest BCUT2D eigenvalue weighted by molar-refractivity contribution is -0.120. The minimum Gasteiger partial charge on any atom is -0.338 e. The summed E-state index contributed by atoms with van der Waals surface area (Å²) in [5.74, 6) is 1.04. The van der Waals surface area contributed by atoms with Crippen molar-refractivity contribution < 1.29 is 9.32 Å². The van der Waals surface area contributed by atoms with Crippen LogP contribution in [0.5, 0.6) is 0 Å². The van der Waals surface area contributed by atoms with E-state index in [1.54, 1.807) is 26.1 Å². The van der Waals surface area contributed by atoms with Crippen molar-refractivity contribution in [1.82, 2.24) is 20.1 Å². The molecule has 0 spiro atoms. The van der Waals surface area contributed by atoms with E-state index in [1.807, 2.05) is 6.92 Å². The largest absolute Gasteiger partial charge is 0.338 e. The van der Waals surface area contributed by atoms with Crippen LogP contribution in [-0.4, -0.2) is 25.9 Å². The lowest BCUT2D eigenvalue weighted by Crippen LogP contribution is -2.07. The number of carbonyl (C=O) groups is 1. The predicted molar refractivity (Wildman–Crippen MR) is 63.8 cm³/mol. The van der Waals surface area contributed by atoms with Gasteiger partial charge in [0.05, 0.1) is 5.92 Å². The predicted octanol–water partition coefficient (Wildman–Crippen LogP) is 1.92. The Morgan fingerprint density at radius 1 is 1.44 bits per heavy atom. The van der Waals surface area contributed by atoms with Crippen LogP contribution in [0.25, 0.3) is 11.5 Å². The van der Waals surface area contributed by atoms with Crippen LogP contribution in [0.15, 0.2) is 16.8 Å². The highest BCUT2D eigenvalue weighted by molar-refractivity contribution is 5.84. The van der Waals surface area contributed by atoms with Crippen LogP contribution in [0.3, 0.4) is 0 Å². The Morgan fingerprint density at radius 3 is 2.89 bits per heavy atom. The van der Waals surface area contributed by atoms with Crippen molar-refractivity contribution >= 4 is 5.78 Å². The molecule has 6 heteroatoms. The van der Waals surface area contributed by atoms with Crippen molar-refractivity contribution in [2.45, 2.75) is 33.1 Å². The maximum atomic E-state index is 11.6. The normalized spacial score (nSPS) is 12.4. The zero-order valence-electron chi connectivity index (χ0n) is 10.5. The number of Topliss-reactive ketones (excluding diaryl/α,β-unsaturated/α-hetero) is 1. The summed E-state index contributed by atoms with van der Waals surface area (Å²) in [7, 11) is 0. The van der Waals surface area contributed by atoms with Gasteiger partial charge in [-0.05, 0) is 19.9 Å². The summed E-state index contributed by atoms with van der Waals surface area (Å²) in [5, 5.41) is 3.84. The molecular weight excluding hydrogens is 232 g/mol.